The van der Waals surface area contributed by atoms with E-state index >= 15 is 0 Å². The largest absolute Gasteiger partial charge is 0.588 e. The molecule has 2 heteroatoms. The molecule has 0 saturated carbocycles. The zero-order valence-electron chi connectivity index (χ0n) is 21.8. The van der Waals surface area contributed by atoms with Gasteiger partial charge in [0, 0.05) is 11.2 Å². The fourth-order valence-corrected chi connectivity index (χ4v) is 6.02. The van der Waals surface area contributed by atoms with Crippen LogP contribution in [0, 0.1) is 0 Å². The van der Waals surface area contributed by atoms with E-state index in [0.717, 1.165) is 16.7 Å². The van der Waals surface area contributed by atoms with Gasteiger partial charge in [0.25, 0.3) is 0 Å². The second-order valence-electron chi connectivity index (χ2n) is 10.2. The molecular formula is C38H25N2-. The SMILES string of the molecule is c1ccc(-c2ccc(-c3c4ccccc4c(-c4ccc(-n5[n-]c6ccccc65)cc4)c4ccccc34)cc2)cc1. The first-order valence-corrected chi connectivity index (χ1v) is 13.7. The van der Waals surface area contributed by atoms with Crippen molar-refractivity contribution in [2.45, 2.75) is 0 Å². The molecule has 8 rings (SSSR count). The third-order valence-corrected chi connectivity index (χ3v) is 7.93. The highest BCUT2D eigenvalue weighted by molar-refractivity contribution is 6.21. The first kappa shape index (κ1) is 22.6. The topological polar surface area (TPSA) is 19.0 Å². The number of benzene rings is 7. The molecule has 0 aliphatic carbocycles. The number of nitrogens with zero attached hydrogens (tertiary/aromatic N) is 2. The van der Waals surface area contributed by atoms with Gasteiger partial charge >= 0.3 is 0 Å². The van der Waals surface area contributed by atoms with Gasteiger partial charge in [0.2, 0.25) is 0 Å². The first-order chi connectivity index (χ1) is 19.8. The molecule has 0 atom stereocenters. The molecule has 0 saturated heterocycles. The molecule has 40 heavy (non-hydrogen) atoms. The first-order valence-electron chi connectivity index (χ1n) is 13.7. The molecule has 0 unspecified atom stereocenters. The second-order valence-corrected chi connectivity index (χ2v) is 10.2. The van der Waals surface area contributed by atoms with Gasteiger partial charge in [0.15, 0.2) is 0 Å². The van der Waals surface area contributed by atoms with E-state index in [1.807, 2.05) is 10.7 Å². The zero-order valence-corrected chi connectivity index (χ0v) is 21.8. The predicted molar refractivity (Wildman–Crippen MR) is 168 cm³/mol. The van der Waals surface area contributed by atoms with Crippen molar-refractivity contribution >= 4 is 32.6 Å². The number of fused-ring (bicyclic) bond motifs is 3. The van der Waals surface area contributed by atoms with E-state index in [1.165, 1.54) is 54.9 Å². The summed E-state index contributed by atoms with van der Waals surface area (Å²) in [6.45, 7) is 0. The number of para-hydroxylation sites is 1. The predicted octanol–water partition coefficient (Wildman–Crippen LogP) is 9.90. The summed E-state index contributed by atoms with van der Waals surface area (Å²) in [7, 11) is 0. The Bertz CT molecular complexity index is 2070. The Morgan fingerprint density at radius 2 is 0.775 bits per heavy atom. The van der Waals surface area contributed by atoms with Crippen LogP contribution < -0.4 is 5.10 Å². The van der Waals surface area contributed by atoms with E-state index in [0.29, 0.717) is 0 Å². The van der Waals surface area contributed by atoms with E-state index < -0.39 is 0 Å². The van der Waals surface area contributed by atoms with Gasteiger partial charge in [-0.15, -0.1) is 5.52 Å². The van der Waals surface area contributed by atoms with Crippen molar-refractivity contribution in [1.29, 1.82) is 0 Å². The van der Waals surface area contributed by atoms with Crippen LogP contribution in [0.2, 0.25) is 0 Å². The summed E-state index contributed by atoms with van der Waals surface area (Å²) in [6.07, 6.45) is 0. The van der Waals surface area contributed by atoms with Crippen molar-refractivity contribution in [2.24, 2.45) is 0 Å². The summed E-state index contributed by atoms with van der Waals surface area (Å²) >= 11 is 0. The average Bonchev–Trinajstić information content (AvgIpc) is 3.01. The van der Waals surface area contributed by atoms with Gasteiger partial charge in [-0.1, -0.05) is 133 Å². The fraction of sp³-hybridized carbons (Fsp3) is 0. The van der Waals surface area contributed by atoms with E-state index in [9.17, 15) is 0 Å². The smallest absolute Gasteiger partial charge is 0.0276 e. The molecule has 0 fully saturated rings. The van der Waals surface area contributed by atoms with Crippen molar-refractivity contribution in [3.63, 3.8) is 0 Å². The van der Waals surface area contributed by atoms with Crippen molar-refractivity contribution in [3.8, 4) is 39.1 Å². The van der Waals surface area contributed by atoms with Crippen molar-refractivity contribution in [3.05, 3.63) is 152 Å². The highest BCUT2D eigenvalue weighted by atomic mass is 15.3. The Balaban J connectivity index is 1.30. The van der Waals surface area contributed by atoms with Crippen LogP contribution in [0.3, 0.4) is 0 Å². The molecule has 1 aromatic heterocycles. The highest BCUT2D eigenvalue weighted by Crippen LogP contribution is 2.44. The van der Waals surface area contributed by atoms with Crippen LogP contribution >= 0.6 is 0 Å². The highest BCUT2D eigenvalue weighted by Gasteiger charge is 2.16. The molecule has 7 aromatic carbocycles. The molecule has 0 aliphatic rings. The number of hydrogen-bond acceptors (Lipinski definition) is 0. The maximum atomic E-state index is 4.66. The van der Waals surface area contributed by atoms with E-state index in [4.69, 9.17) is 0 Å². The Kier molecular flexibility index (Phi) is 5.17. The Morgan fingerprint density at radius 3 is 1.32 bits per heavy atom. The van der Waals surface area contributed by atoms with E-state index in [-0.39, 0.29) is 0 Å². The lowest BCUT2D eigenvalue weighted by atomic mass is 9.85. The Hall–Kier alpha value is -5.34. The monoisotopic (exact) mass is 509 g/mol. The second kappa shape index (κ2) is 9.14. The maximum Gasteiger partial charge on any atom is 0.0276 e. The van der Waals surface area contributed by atoms with Gasteiger partial charge in [-0.3, -0.25) is 0 Å². The van der Waals surface area contributed by atoms with Crippen molar-refractivity contribution < 1.29 is 0 Å². The lowest BCUT2D eigenvalue weighted by molar-refractivity contribution is 0.849. The van der Waals surface area contributed by atoms with Crippen molar-refractivity contribution in [2.75, 3.05) is 0 Å². The van der Waals surface area contributed by atoms with Gasteiger partial charge < -0.3 is 9.78 Å². The van der Waals surface area contributed by atoms with Gasteiger partial charge in [0.1, 0.15) is 0 Å². The molecular weight excluding hydrogens is 484 g/mol. The molecule has 0 radical (unpaired) electrons. The van der Waals surface area contributed by atoms with Crippen LogP contribution in [0.15, 0.2) is 152 Å². The van der Waals surface area contributed by atoms with Crippen LogP contribution in [0.5, 0.6) is 0 Å². The normalized spacial score (nSPS) is 11.5. The van der Waals surface area contributed by atoms with Gasteiger partial charge in [-0.25, -0.2) is 0 Å². The summed E-state index contributed by atoms with van der Waals surface area (Å²) in [5.41, 5.74) is 10.7. The van der Waals surface area contributed by atoms with Crippen molar-refractivity contribution in [1.82, 2.24) is 9.78 Å². The molecule has 0 aliphatic heterocycles. The van der Waals surface area contributed by atoms with Gasteiger partial charge in [0.05, 0.1) is 0 Å². The molecule has 0 bridgehead atoms. The number of hydrogen-bond donors (Lipinski definition) is 0. The third kappa shape index (κ3) is 3.58. The standard InChI is InChI=1S/C38H25N2/c1-2-10-26(11-3-1)27-18-20-28(21-19-27)37-31-12-4-6-14-33(31)38(34-15-7-5-13-32(34)37)29-22-24-30(25-23-29)40-36-17-9-8-16-35(36)39-40/h1-25H/q-1. The average molecular weight is 510 g/mol. The third-order valence-electron chi connectivity index (χ3n) is 7.93. The summed E-state index contributed by atoms with van der Waals surface area (Å²) in [6, 6.07) is 54.2. The minimum absolute atomic E-state index is 1.04. The maximum absolute atomic E-state index is 4.66. The van der Waals surface area contributed by atoms with Crippen LogP contribution in [0.4, 0.5) is 0 Å². The summed E-state index contributed by atoms with van der Waals surface area (Å²) in [4.78, 5) is 0. The van der Waals surface area contributed by atoms with Gasteiger partial charge in [-0.05, 0) is 73.1 Å². The van der Waals surface area contributed by atoms with E-state index in [2.05, 4.69) is 151 Å². The number of aromatic nitrogens is 2. The van der Waals surface area contributed by atoms with Crippen LogP contribution in [-0.4, -0.2) is 4.68 Å². The summed E-state index contributed by atoms with van der Waals surface area (Å²) < 4.78 is 2.01. The molecule has 1 heterocycles. The minimum Gasteiger partial charge on any atom is -0.588 e. The molecule has 0 spiro atoms. The summed E-state index contributed by atoms with van der Waals surface area (Å²) in [5, 5.41) is 9.71. The number of rotatable bonds is 4. The fourth-order valence-electron chi connectivity index (χ4n) is 6.02. The van der Waals surface area contributed by atoms with Gasteiger partial charge in [-0.2, -0.15) is 0 Å². The lowest BCUT2D eigenvalue weighted by Crippen LogP contribution is -2.10. The molecule has 2 nitrogen and oxygen atoms in total. The van der Waals surface area contributed by atoms with Crippen LogP contribution in [0.25, 0.3) is 71.6 Å². The van der Waals surface area contributed by atoms with E-state index in [1.54, 1.807) is 0 Å². The minimum atomic E-state index is 1.04. The quantitative estimate of drug-likeness (QED) is 0.216. The van der Waals surface area contributed by atoms with Crippen LogP contribution in [0.1, 0.15) is 0 Å². The Morgan fingerprint density at radius 1 is 0.350 bits per heavy atom. The Labute approximate surface area is 232 Å². The zero-order chi connectivity index (χ0) is 26.5. The summed E-state index contributed by atoms with van der Waals surface area (Å²) in [5.74, 6) is 0. The molecule has 0 amide bonds. The van der Waals surface area contributed by atoms with Crippen LogP contribution in [-0.2, 0) is 0 Å². The molecule has 8 aromatic rings. The molecule has 0 N–H and O–H groups in total. The molecule has 188 valence electrons. The lowest BCUT2D eigenvalue weighted by Gasteiger charge is -2.29.